The van der Waals surface area contributed by atoms with Crippen molar-refractivity contribution in [3.8, 4) is 22.5 Å². The second kappa shape index (κ2) is 12.2. The van der Waals surface area contributed by atoms with Crippen LogP contribution in [0.2, 0.25) is 0 Å². The molecule has 2 aromatic carbocycles. The summed E-state index contributed by atoms with van der Waals surface area (Å²) < 4.78 is 5.39. The molecule has 3 aromatic rings. The van der Waals surface area contributed by atoms with Crippen molar-refractivity contribution in [3.63, 3.8) is 0 Å². The molecule has 0 unspecified atom stereocenters. The summed E-state index contributed by atoms with van der Waals surface area (Å²) >= 11 is 0. The van der Waals surface area contributed by atoms with E-state index in [2.05, 4.69) is 4.90 Å². The molecular weight excluding hydrogens is 502 g/mol. The average Bonchev–Trinajstić information content (AvgIpc) is 3.05. The molecule has 0 radical (unpaired) electrons. The van der Waals surface area contributed by atoms with Crippen molar-refractivity contribution in [3.05, 3.63) is 78.4 Å². The number of hydrogen-bond acceptors (Lipinski definition) is 5. The molecule has 0 N–H and O–H groups in total. The number of benzene rings is 2. The van der Waals surface area contributed by atoms with Crippen LogP contribution >= 0.6 is 0 Å². The van der Waals surface area contributed by atoms with Crippen molar-refractivity contribution in [1.29, 1.82) is 0 Å². The Labute approximate surface area is 236 Å². The van der Waals surface area contributed by atoms with Crippen molar-refractivity contribution in [2.45, 2.75) is 18.9 Å². The van der Waals surface area contributed by atoms with Gasteiger partial charge in [0.25, 0.3) is 5.91 Å². The predicted molar refractivity (Wildman–Crippen MR) is 155 cm³/mol. The molecule has 3 aliphatic rings. The Bertz CT molecular complexity index is 1240. The van der Waals surface area contributed by atoms with E-state index >= 15 is 0 Å². The first-order chi connectivity index (χ1) is 19.7. The summed E-state index contributed by atoms with van der Waals surface area (Å²) in [5, 5.41) is 0. The van der Waals surface area contributed by atoms with E-state index in [0.717, 1.165) is 61.5 Å². The molecule has 3 amide bonds. The minimum Gasteiger partial charge on any atom is -0.378 e. The molecule has 0 saturated carbocycles. The van der Waals surface area contributed by atoms with Gasteiger partial charge in [0.05, 0.1) is 24.6 Å². The summed E-state index contributed by atoms with van der Waals surface area (Å²) in [5.74, 6) is 0.0577. The second-order valence-electron chi connectivity index (χ2n) is 10.8. The zero-order valence-corrected chi connectivity index (χ0v) is 23.0. The van der Waals surface area contributed by atoms with Crippen LogP contribution in [0.1, 0.15) is 23.2 Å². The van der Waals surface area contributed by atoms with Gasteiger partial charge >= 0.3 is 6.03 Å². The third-order valence-corrected chi connectivity index (χ3v) is 8.35. The van der Waals surface area contributed by atoms with Crippen LogP contribution in [-0.2, 0) is 4.74 Å². The topological polar surface area (TPSA) is 69.2 Å². The number of aromatic nitrogens is 1. The van der Waals surface area contributed by atoms with E-state index in [1.165, 1.54) is 0 Å². The number of pyridine rings is 1. The largest absolute Gasteiger partial charge is 0.378 e. The number of amides is 3. The van der Waals surface area contributed by atoms with E-state index in [4.69, 9.17) is 9.72 Å². The SMILES string of the molecule is O=C(c1cc(-c2ccccc2)nc(-c2ccccc2)c1)N1CCN(C2CCN(C(=O)N3CCOCC3)CC2)CC1. The number of urea groups is 1. The molecule has 1 aromatic heterocycles. The van der Waals surface area contributed by atoms with Gasteiger partial charge in [-0.3, -0.25) is 9.69 Å². The maximum Gasteiger partial charge on any atom is 0.320 e. The molecule has 208 valence electrons. The summed E-state index contributed by atoms with van der Waals surface area (Å²) in [4.78, 5) is 39.9. The fourth-order valence-corrected chi connectivity index (χ4v) is 6.02. The van der Waals surface area contributed by atoms with Crippen molar-refractivity contribution >= 4 is 11.9 Å². The van der Waals surface area contributed by atoms with Crippen molar-refractivity contribution in [2.24, 2.45) is 0 Å². The number of hydrogen-bond donors (Lipinski definition) is 0. The van der Waals surface area contributed by atoms with E-state index in [-0.39, 0.29) is 11.9 Å². The lowest BCUT2D eigenvalue weighted by Gasteiger charge is -2.43. The first kappa shape index (κ1) is 26.5. The average molecular weight is 540 g/mol. The minimum absolute atomic E-state index is 0.0577. The Balaban J connectivity index is 1.09. The highest BCUT2D eigenvalue weighted by atomic mass is 16.5. The van der Waals surface area contributed by atoms with Gasteiger partial charge in [-0.25, -0.2) is 9.78 Å². The van der Waals surface area contributed by atoms with Gasteiger partial charge in [0.2, 0.25) is 0 Å². The maximum absolute atomic E-state index is 13.7. The number of nitrogens with zero attached hydrogens (tertiary/aromatic N) is 5. The molecule has 4 heterocycles. The Hall–Kier alpha value is -3.75. The molecule has 3 saturated heterocycles. The van der Waals surface area contributed by atoms with E-state index in [0.29, 0.717) is 51.0 Å². The lowest BCUT2D eigenvalue weighted by Crippen LogP contribution is -2.56. The van der Waals surface area contributed by atoms with Crippen LogP contribution in [-0.4, -0.2) is 108 Å². The van der Waals surface area contributed by atoms with Crippen LogP contribution < -0.4 is 0 Å². The standard InChI is InChI=1S/C32H37N5O3/c38-31(27-23-29(25-7-3-1-4-8-25)33-30(24-27)26-9-5-2-6-10-26)35-17-15-34(16-18-35)28-11-13-36(14-12-28)32(39)37-19-21-40-22-20-37/h1-10,23-24,28H,11-22H2. The molecule has 0 atom stereocenters. The smallest absolute Gasteiger partial charge is 0.320 e. The summed E-state index contributed by atoms with van der Waals surface area (Å²) in [6, 6.07) is 24.6. The highest BCUT2D eigenvalue weighted by Gasteiger charge is 2.32. The van der Waals surface area contributed by atoms with Crippen LogP contribution in [0.15, 0.2) is 72.8 Å². The minimum atomic E-state index is 0.0577. The van der Waals surface area contributed by atoms with Gasteiger partial charge in [0.1, 0.15) is 0 Å². The van der Waals surface area contributed by atoms with Crippen molar-refractivity contribution in [2.75, 3.05) is 65.6 Å². The number of carbonyl (C=O) groups excluding carboxylic acids is 2. The summed E-state index contributed by atoms with van der Waals surface area (Å²) in [6.45, 7) is 7.34. The number of piperidine rings is 1. The Kier molecular flexibility index (Phi) is 8.07. The molecule has 40 heavy (non-hydrogen) atoms. The number of likely N-dealkylation sites (tertiary alicyclic amines) is 1. The zero-order chi connectivity index (χ0) is 27.3. The molecule has 0 spiro atoms. The number of piperazine rings is 1. The number of ether oxygens (including phenoxy) is 1. The second-order valence-corrected chi connectivity index (χ2v) is 10.8. The Morgan fingerprint density at radius 3 is 1.73 bits per heavy atom. The monoisotopic (exact) mass is 539 g/mol. The highest BCUT2D eigenvalue weighted by molar-refractivity contribution is 5.96. The molecule has 6 rings (SSSR count). The quantitative estimate of drug-likeness (QED) is 0.500. The highest BCUT2D eigenvalue weighted by Crippen LogP contribution is 2.26. The Morgan fingerprint density at radius 1 is 0.650 bits per heavy atom. The lowest BCUT2D eigenvalue weighted by atomic mass is 10.0. The van der Waals surface area contributed by atoms with Gasteiger partial charge in [-0.1, -0.05) is 60.7 Å². The molecular formula is C32H37N5O3. The first-order valence-corrected chi connectivity index (χ1v) is 14.4. The van der Waals surface area contributed by atoms with Crippen LogP contribution in [0.4, 0.5) is 4.79 Å². The van der Waals surface area contributed by atoms with Crippen LogP contribution in [0.3, 0.4) is 0 Å². The van der Waals surface area contributed by atoms with Crippen LogP contribution in [0, 0.1) is 0 Å². The van der Waals surface area contributed by atoms with Crippen molar-refractivity contribution in [1.82, 2.24) is 24.6 Å². The summed E-state index contributed by atoms with van der Waals surface area (Å²) in [7, 11) is 0. The maximum atomic E-state index is 13.7. The third-order valence-electron chi connectivity index (χ3n) is 8.35. The molecule has 8 nitrogen and oxygen atoms in total. The molecule has 0 aliphatic carbocycles. The normalized spacial score (nSPS) is 19.1. The zero-order valence-electron chi connectivity index (χ0n) is 23.0. The fourth-order valence-electron chi connectivity index (χ4n) is 6.02. The molecule has 0 bridgehead atoms. The number of rotatable bonds is 4. The lowest BCUT2D eigenvalue weighted by molar-refractivity contribution is 0.0312. The Morgan fingerprint density at radius 2 is 1.18 bits per heavy atom. The number of carbonyl (C=O) groups is 2. The van der Waals surface area contributed by atoms with Gasteiger partial charge in [-0.2, -0.15) is 0 Å². The van der Waals surface area contributed by atoms with Crippen LogP contribution in [0.5, 0.6) is 0 Å². The molecule has 3 aliphatic heterocycles. The fraction of sp³-hybridized carbons (Fsp3) is 0.406. The van der Waals surface area contributed by atoms with E-state index < -0.39 is 0 Å². The van der Waals surface area contributed by atoms with Gasteiger partial charge in [0.15, 0.2) is 0 Å². The van der Waals surface area contributed by atoms with Gasteiger partial charge in [-0.15, -0.1) is 0 Å². The van der Waals surface area contributed by atoms with E-state index in [1.54, 1.807) is 0 Å². The third kappa shape index (κ3) is 5.88. The summed E-state index contributed by atoms with van der Waals surface area (Å²) in [5.41, 5.74) is 4.29. The molecule has 8 heteroatoms. The van der Waals surface area contributed by atoms with Gasteiger partial charge in [0, 0.05) is 75.1 Å². The first-order valence-electron chi connectivity index (χ1n) is 14.4. The van der Waals surface area contributed by atoms with Crippen LogP contribution in [0.25, 0.3) is 22.5 Å². The van der Waals surface area contributed by atoms with E-state index in [9.17, 15) is 9.59 Å². The number of morpholine rings is 1. The van der Waals surface area contributed by atoms with Gasteiger partial charge < -0.3 is 19.4 Å². The van der Waals surface area contributed by atoms with Crippen molar-refractivity contribution < 1.29 is 14.3 Å². The summed E-state index contributed by atoms with van der Waals surface area (Å²) in [6.07, 6.45) is 1.96. The van der Waals surface area contributed by atoms with E-state index in [1.807, 2.05) is 87.5 Å². The molecule has 3 fully saturated rings. The predicted octanol–water partition coefficient (Wildman–Crippen LogP) is 4.09. The van der Waals surface area contributed by atoms with Gasteiger partial charge in [-0.05, 0) is 25.0 Å².